The Hall–Kier alpha value is -3.08. The number of aromatic nitrogens is 2. The summed E-state index contributed by atoms with van der Waals surface area (Å²) in [7, 11) is 1.87. The number of amides is 1. The van der Waals surface area contributed by atoms with Gasteiger partial charge >= 0.3 is 0 Å². The monoisotopic (exact) mass is 335 g/mol. The van der Waals surface area contributed by atoms with Crippen LogP contribution < -0.4 is 10.1 Å². The molecule has 2 aromatic carbocycles. The Kier molecular flexibility index (Phi) is 5.14. The van der Waals surface area contributed by atoms with E-state index in [2.05, 4.69) is 10.4 Å². The molecule has 0 spiro atoms. The largest absolute Gasteiger partial charge is 0.494 e. The molecule has 0 atom stereocenters. The van der Waals surface area contributed by atoms with Crippen molar-refractivity contribution in [3.63, 3.8) is 0 Å². The molecule has 0 fully saturated rings. The van der Waals surface area contributed by atoms with Crippen molar-refractivity contribution in [3.05, 3.63) is 66.4 Å². The van der Waals surface area contributed by atoms with Crippen molar-refractivity contribution >= 4 is 11.6 Å². The van der Waals surface area contributed by atoms with E-state index in [1.165, 1.54) is 0 Å². The normalized spacial score (nSPS) is 10.5. The topological polar surface area (TPSA) is 56.1 Å². The van der Waals surface area contributed by atoms with Crippen molar-refractivity contribution < 1.29 is 9.53 Å². The van der Waals surface area contributed by atoms with Crippen LogP contribution in [0.25, 0.3) is 11.3 Å². The average Bonchev–Trinajstić information content (AvgIpc) is 2.98. The second kappa shape index (κ2) is 7.66. The van der Waals surface area contributed by atoms with Gasteiger partial charge in [0.15, 0.2) is 0 Å². The summed E-state index contributed by atoms with van der Waals surface area (Å²) in [4.78, 5) is 12.4. The predicted octanol–water partition coefficient (Wildman–Crippen LogP) is 3.67. The van der Waals surface area contributed by atoms with E-state index in [1.54, 1.807) is 10.9 Å². The zero-order valence-electron chi connectivity index (χ0n) is 14.4. The SMILES string of the molecule is CCOc1ccc(CC(=O)Nc2cnn(C)c2-c2ccccc2)cc1. The Labute approximate surface area is 147 Å². The quantitative estimate of drug-likeness (QED) is 0.748. The first kappa shape index (κ1) is 16.8. The molecule has 0 aliphatic carbocycles. The third-order valence-corrected chi connectivity index (χ3v) is 3.86. The summed E-state index contributed by atoms with van der Waals surface area (Å²) >= 11 is 0. The lowest BCUT2D eigenvalue weighted by Crippen LogP contribution is -2.14. The van der Waals surface area contributed by atoms with Gasteiger partial charge in [-0.3, -0.25) is 9.48 Å². The highest BCUT2D eigenvalue weighted by Crippen LogP contribution is 2.27. The molecule has 1 aromatic heterocycles. The molecule has 0 aliphatic heterocycles. The lowest BCUT2D eigenvalue weighted by atomic mass is 10.1. The van der Waals surface area contributed by atoms with Gasteiger partial charge < -0.3 is 10.1 Å². The zero-order chi connectivity index (χ0) is 17.6. The molecule has 5 nitrogen and oxygen atoms in total. The maximum atomic E-state index is 12.4. The first-order chi connectivity index (χ1) is 12.2. The van der Waals surface area contributed by atoms with Crippen LogP contribution in [-0.4, -0.2) is 22.3 Å². The van der Waals surface area contributed by atoms with Crippen LogP contribution in [0.15, 0.2) is 60.8 Å². The Morgan fingerprint density at radius 1 is 1.12 bits per heavy atom. The maximum Gasteiger partial charge on any atom is 0.228 e. The van der Waals surface area contributed by atoms with Crippen LogP contribution in [-0.2, 0) is 18.3 Å². The predicted molar refractivity (Wildman–Crippen MR) is 98.6 cm³/mol. The summed E-state index contributed by atoms with van der Waals surface area (Å²) < 4.78 is 7.18. The molecule has 1 N–H and O–H groups in total. The maximum absolute atomic E-state index is 12.4. The minimum atomic E-state index is -0.0747. The van der Waals surface area contributed by atoms with Crippen LogP contribution >= 0.6 is 0 Å². The fourth-order valence-corrected chi connectivity index (χ4v) is 2.72. The third-order valence-electron chi connectivity index (χ3n) is 3.86. The molecule has 0 radical (unpaired) electrons. The summed E-state index contributed by atoms with van der Waals surface area (Å²) in [6, 6.07) is 17.5. The molecular weight excluding hydrogens is 314 g/mol. The van der Waals surface area contributed by atoms with Crippen molar-refractivity contribution in [1.29, 1.82) is 0 Å². The standard InChI is InChI=1S/C20H21N3O2/c1-3-25-17-11-9-15(10-12-17)13-19(24)22-18-14-21-23(2)20(18)16-7-5-4-6-8-16/h4-12,14H,3,13H2,1-2H3,(H,22,24). The van der Waals surface area contributed by atoms with Gasteiger partial charge in [-0.1, -0.05) is 42.5 Å². The van der Waals surface area contributed by atoms with Gasteiger partial charge in [-0.2, -0.15) is 5.10 Å². The first-order valence-electron chi connectivity index (χ1n) is 8.26. The van der Waals surface area contributed by atoms with Crippen LogP contribution in [0.3, 0.4) is 0 Å². The summed E-state index contributed by atoms with van der Waals surface area (Å²) in [5.41, 5.74) is 3.55. The highest BCUT2D eigenvalue weighted by molar-refractivity contribution is 5.95. The second-order valence-corrected chi connectivity index (χ2v) is 5.70. The number of hydrogen-bond donors (Lipinski definition) is 1. The number of ether oxygens (including phenoxy) is 1. The highest BCUT2D eigenvalue weighted by Gasteiger charge is 2.13. The van der Waals surface area contributed by atoms with Crippen molar-refractivity contribution in [3.8, 4) is 17.0 Å². The molecule has 3 aromatic rings. The van der Waals surface area contributed by atoms with Crippen molar-refractivity contribution in [2.75, 3.05) is 11.9 Å². The second-order valence-electron chi connectivity index (χ2n) is 5.70. The van der Waals surface area contributed by atoms with Crippen LogP contribution in [0, 0.1) is 0 Å². The van der Waals surface area contributed by atoms with E-state index < -0.39 is 0 Å². The fourth-order valence-electron chi connectivity index (χ4n) is 2.72. The minimum Gasteiger partial charge on any atom is -0.494 e. The van der Waals surface area contributed by atoms with Gasteiger partial charge in [0.1, 0.15) is 5.75 Å². The van der Waals surface area contributed by atoms with Crippen molar-refractivity contribution in [1.82, 2.24) is 9.78 Å². The van der Waals surface area contributed by atoms with Crippen LogP contribution in [0.2, 0.25) is 0 Å². The van der Waals surface area contributed by atoms with E-state index in [0.29, 0.717) is 18.7 Å². The molecule has 3 rings (SSSR count). The highest BCUT2D eigenvalue weighted by atomic mass is 16.5. The van der Waals surface area contributed by atoms with Crippen molar-refractivity contribution in [2.24, 2.45) is 7.05 Å². The van der Waals surface area contributed by atoms with Gasteiger partial charge in [-0.15, -0.1) is 0 Å². The number of aryl methyl sites for hydroxylation is 1. The minimum absolute atomic E-state index is 0.0747. The number of rotatable bonds is 6. The Balaban J connectivity index is 1.71. The number of nitrogens with one attached hydrogen (secondary N) is 1. The molecular formula is C20H21N3O2. The molecule has 1 heterocycles. The van der Waals surface area contributed by atoms with E-state index in [1.807, 2.05) is 68.6 Å². The number of carbonyl (C=O) groups excluding carboxylic acids is 1. The molecule has 0 unspecified atom stereocenters. The Bertz CT molecular complexity index is 839. The smallest absolute Gasteiger partial charge is 0.228 e. The Morgan fingerprint density at radius 2 is 1.84 bits per heavy atom. The first-order valence-corrected chi connectivity index (χ1v) is 8.26. The number of benzene rings is 2. The van der Waals surface area contributed by atoms with Gasteiger partial charge in [0.05, 0.1) is 30.6 Å². The van der Waals surface area contributed by atoms with Gasteiger partial charge in [0, 0.05) is 12.6 Å². The number of nitrogens with zero attached hydrogens (tertiary/aromatic N) is 2. The molecule has 1 amide bonds. The van der Waals surface area contributed by atoms with E-state index in [-0.39, 0.29) is 5.91 Å². The lowest BCUT2D eigenvalue weighted by molar-refractivity contribution is -0.115. The molecule has 0 aliphatic rings. The van der Waals surface area contributed by atoms with Gasteiger partial charge in [0.2, 0.25) is 5.91 Å². The van der Waals surface area contributed by atoms with Crippen molar-refractivity contribution in [2.45, 2.75) is 13.3 Å². The molecule has 128 valence electrons. The zero-order valence-corrected chi connectivity index (χ0v) is 14.4. The van der Waals surface area contributed by atoms with E-state index in [4.69, 9.17) is 4.74 Å². The molecule has 5 heteroatoms. The van der Waals surface area contributed by atoms with E-state index >= 15 is 0 Å². The molecule has 0 bridgehead atoms. The molecule has 0 saturated heterocycles. The van der Waals surface area contributed by atoms with E-state index in [0.717, 1.165) is 22.6 Å². The third kappa shape index (κ3) is 4.07. The average molecular weight is 335 g/mol. The fraction of sp³-hybridized carbons (Fsp3) is 0.200. The molecule has 25 heavy (non-hydrogen) atoms. The molecule has 0 saturated carbocycles. The summed E-state index contributed by atoms with van der Waals surface area (Å²) in [5, 5.41) is 7.24. The summed E-state index contributed by atoms with van der Waals surface area (Å²) in [6.45, 7) is 2.57. The number of carbonyl (C=O) groups is 1. The summed E-state index contributed by atoms with van der Waals surface area (Å²) in [6.07, 6.45) is 1.98. The van der Waals surface area contributed by atoms with Crippen LogP contribution in [0.4, 0.5) is 5.69 Å². The number of hydrogen-bond acceptors (Lipinski definition) is 3. The van der Waals surface area contributed by atoms with Crippen LogP contribution in [0.1, 0.15) is 12.5 Å². The van der Waals surface area contributed by atoms with Gasteiger partial charge in [0.25, 0.3) is 0 Å². The van der Waals surface area contributed by atoms with Crippen LogP contribution in [0.5, 0.6) is 5.75 Å². The van der Waals surface area contributed by atoms with E-state index in [9.17, 15) is 4.79 Å². The Morgan fingerprint density at radius 3 is 2.52 bits per heavy atom. The summed E-state index contributed by atoms with van der Waals surface area (Å²) in [5.74, 6) is 0.736. The van der Waals surface area contributed by atoms with Gasteiger partial charge in [-0.05, 0) is 24.6 Å². The van der Waals surface area contributed by atoms with Gasteiger partial charge in [-0.25, -0.2) is 0 Å². The lowest BCUT2D eigenvalue weighted by Gasteiger charge is -2.09. The number of anilines is 1.